The summed E-state index contributed by atoms with van der Waals surface area (Å²) in [5.74, 6) is 0.394. The molecule has 0 aliphatic rings. The van der Waals surface area contributed by atoms with Crippen LogP contribution in [0.4, 0.5) is 0 Å². The molecule has 0 heterocycles. The third-order valence-corrected chi connectivity index (χ3v) is 10.1. The molecule has 6 heteroatoms. The summed E-state index contributed by atoms with van der Waals surface area (Å²) in [5, 5.41) is 0.261. The second-order valence-corrected chi connectivity index (χ2v) is 13.6. The summed E-state index contributed by atoms with van der Waals surface area (Å²) in [4.78, 5) is 11.6. The third kappa shape index (κ3) is 7.27. The van der Waals surface area contributed by atoms with E-state index < -0.39 is 8.32 Å². The van der Waals surface area contributed by atoms with E-state index in [9.17, 15) is 4.79 Å². The first kappa shape index (κ1) is 22.4. The van der Waals surface area contributed by atoms with Gasteiger partial charge in [0.05, 0.1) is 22.9 Å². The average molecular weight is 478 g/mol. The smallest absolute Gasteiger partial charge is 0.337 e. The van der Waals surface area contributed by atoms with Gasteiger partial charge >= 0.3 is 5.97 Å². The molecular formula is C19H31IO4Si. The molecule has 4 nitrogen and oxygen atoms in total. The van der Waals surface area contributed by atoms with Crippen molar-refractivity contribution in [3.63, 3.8) is 0 Å². The molecule has 0 fully saturated rings. The van der Waals surface area contributed by atoms with E-state index in [2.05, 4.69) is 56.5 Å². The maximum absolute atomic E-state index is 11.6. The van der Waals surface area contributed by atoms with Gasteiger partial charge in [-0.25, -0.2) is 4.79 Å². The lowest BCUT2D eigenvalue weighted by atomic mass is 10.2. The molecule has 0 radical (unpaired) electrons. The summed E-state index contributed by atoms with van der Waals surface area (Å²) in [6.07, 6.45) is 3.09. The maximum Gasteiger partial charge on any atom is 0.337 e. The van der Waals surface area contributed by atoms with Gasteiger partial charge in [-0.3, -0.25) is 0 Å². The lowest BCUT2D eigenvalue weighted by Gasteiger charge is -2.36. The Kier molecular flexibility index (Phi) is 8.90. The topological polar surface area (TPSA) is 44.8 Å². The molecule has 1 rings (SSSR count). The number of ether oxygens (including phenoxy) is 2. The molecule has 0 amide bonds. The number of carbonyl (C=O) groups is 1. The van der Waals surface area contributed by atoms with E-state index >= 15 is 0 Å². The van der Waals surface area contributed by atoms with Crippen molar-refractivity contribution < 1.29 is 18.7 Å². The van der Waals surface area contributed by atoms with Crippen molar-refractivity contribution in [2.75, 3.05) is 20.3 Å². The van der Waals surface area contributed by atoms with Crippen LogP contribution in [0, 0.1) is 3.57 Å². The molecule has 0 saturated carbocycles. The predicted octanol–water partition coefficient (Wildman–Crippen LogP) is 5.65. The number of methoxy groups -OCH3 is 1. The zero-order valence-electron chi connectivity index (χ0n) is 16.3. The van der Waals surface area contributed by atoms with Crippen LogP contribution < -0.4 is 4.74 Å². The van der Waals surface area contributed by atoms with Gasteiger partial charge in [-0.05, 0) is 78.2 Å². The highest BCUT2D eigenvalue weighted by atomic mass is 127. The van der Waals surface area contributed by atoms with Gasteiger partial charge in [0.2, 0.25) is 0 Å². The van der Waals surface area contributed by atoms with E-state index in [4.69, 9.17) is 13.9 Å². The van der Waals surface area contributed by atoms with Crippen LogP contribution in [0.3, 0.4) is 0 Å². The summed E-state index contributed by atoms with van der Waals surface area (Å²) in [6.45, 7) is 12.8. The molecule has 1 aromatic rings. The zero-order chi connectivity index (χ0) is 19.1. The van der Waals surface area contributed by atoms with Crippen LogP contribution in [0.5, 0.6) is 5.75 Å². The average Bonchev–Trinajstić information content (AvgIpc) is 2.53. The van der Waals surface area contributed by atoms with Crippen molar-refractivity contribution in [3.8, 4) is 5.75 Å². The minimum atomic E-state index is -1.63. The number of rotatable bonds is 9. The Hall–Kier alpha value is -0.603. The molecule has 0 spiro atoms. The van der Waals surface area contributed by atoms with Crippen LogP contribution in [-0.4, -0.2) is 34.6 Å². The maximum atomic E-state index is 11.6. The summed E-state index contributed by atoms with van der Waals surface area (Å²) in [5.41, 5.74) is 0.515. The monoisotopic (exact) mass is 478 g/mol. The first-order chi connectivity index (χ1) is 11.6. The molecular weight excluding hydrogens is 447 g/mol. The fourth-order valence-electron chi connectivity index (χ4n) is 1.97. The van der Waals surface area contributed by atoms with Crippen molar-refractivity contribution in [2.45, 2.75) is 58.2 Å². The summed E-state index contributed by atoms with van der Waals surface area (Å²) < 4.78 is 17.7. The first-order valence-corrected chi connectivity index (χ1v) is 12.7. The highest BCUT2D eigenvalue weighted by molar-refractivity contribution is 14.1. The van der Waals surface area contributed by atoms with Crippen molar-refractivity contribution in [2.24, 2.45) is 0 Å². The van der Waals surface area contributed by atoms with Gasteiger partial charge in [0.1, 0.15) is 5.75 Å². The molecule has 0 aromatic heterocycles. The van der Waals surface area contributed by atoms with Gasteiger partial charge in [-0.15, -0.1) is 0 Å². The van der Waals surface area contributed by atoms with Gasteiger partial charge in [0.25, 0.3) is 0 Å². The fraction of sp³-hybridized carbons (Fsp3) is 0.632. The number of benzene rings is 1. The van der Waals surface area contributed by atoms with E-state index in [-0.39, 0.29) is 11.0 Å². The molecule has 0 atom stereocenters. The quantitative estimate of drug-likeness (QED) is 0.199. The molecule has 0 aliphatic carbocycles. The molecule has 25 heavy (non-hydrogen) atoms. The number of esters is 1. The van der Waals surface area contributed by atoms with Crippen molar-refractivity contribution in [3.05, 3.63) is 27.3 Å². The van der Waals surface area contributed by atoms with Crippen LogP contribution in [0.2, 0.25) is 18.1 Å². The molecule has 142 valence electrons. The lowest BCUT2D eigenvalue weighted by Crippen LogP contribution is -2.40. The molecule has 0 N–H and O–H groups in total. The minimum Gasteiger partial charge on any atom is -0.492 e. The Bertz CT molecular complexity index is 567. The Morgan fingerprint density at radius 1 is 1.12 bits per heavy atom. The second-order valence-electron chi connectivity index (χ2n) is 7.65. The number of hydrogen-bond acceptors (Lipinski definition) is 4. The molecule has 1 aromatic carbocycles. The largest absolute Gasteiger partial charge is 0.492 e. The molecule has 0 bridgehead atoms. The van der Waals surface area contributed by atoms with Crippen LogP contribution in [0.1, 0.15) is 50.4 Å². The number of halogens is 1. The zero-order valence-corrected chi connectivity index (χ0v) is 19.4. The van der Waals surface area contributed by atoms with Crippen molar-refractivity contribution >= 4 is 36.9 Å². The fourth-order valence-corrected chi connectivity index (χ4v) is 3.54. The highest BCUT2D eigenvalue weighted by Crippen LogP contribution is 2.36. The Morgan fingerprint density at radius 3 is 2.36 bits per heavy atom. The van der Waals surface area contributed by atoms with Crippen LogP contribution in [0.15, 0.2) is 18.2 Å². The normalized spacial score (nSPS) is 12.1. The summed E-state index contributed by atoms with van der Waals surface area (Å²) in [7, 11) is -0.249. The second kappa shape index (κ2) is 9.92. The van der Waals surface area contributed by atoms with Gasteiger partial charge in [0, 0.05) is 6.61 Å². The Balaban J connectivity index is 2.32. The Labute approximate surface area is 166 Å². The van der Waals surface area contributed by atoms with E-state index in [1.165, 1.54) is 7.11 Å². The number of unbranched alkanes of at least 4 members (excludes halogenated alkanes) is 2. The van der Waals surface area contributed by atoms with E-state index in [0.29, 0.717) is 12.2 Å². The van der Waals surface area contributed by atoms with Gasteiger partial charge in [0.15, 0.2) is 8.32 Å². The van der Waals surface area contributed by atoms with Gasteiger partial charge < -0.3 is 13.9 Å². The highest BCUT2D eigenvalue weighted by Gasteiger charge is 2.36. The van der Waals surface area contributed by atoms with E-state index in [1.54, 1.807) is 12.1 Å². The minimum absolute atomic E-state index is 0.261. The third-order valence-electron chi connectivity index (χ3n) is 4.67. The van der Waals surface area contributed by atoms with Crippen LogP contribution >= 0.6 is 22.6 Å². The van der Waals surface area contributed by atoms with Gasteiger partial charge in [-0.1, -0.05) is 20.8 Å². The van der Waals surface area contributed by atoms with Crippen molar-refractivity contribution in [1.82, 2.24) is 0 Å². The van der Waals surface area contributed by atoms with E-state index in [1.807, 2.05) is 6.07 Å². The predicted molar refractivity (Wildman–Crippen MR) is 113 cm³/mol. The van der Waals surface area contributed by atoms with Crippen LogP contribution in [-0.2, 0) is 9.16 Å². The molecule has 0 saturated heterocycles. The standard InChI is InChI=1S/C19H31IO4Si/c1-19(2,3)25(5,6)24-13-9-7-8-12-23-17-14-15(18(21)22-4)10-11-16(17)20/h10-11,14H,7-9,12-13H2,1-6H3. The number of hydrogen-bond donors (Lipinski definition) is 0. The van der Waals surface area contributed by atoms with Crippen molar-refractivity contribution in [1.29, 1.82) is 0 Å². The lowest BCUT2D eigenvalue weighted by molar-refractivity contribution is 0.0600. The summed E-state index contributed by atoms with van der Waals surface area (Å²) in [6, 6.07) is 5.36. The molecule has 0 aliphatic heterocycles. The summed E-state index contributed by atoms with van der Waals surface area (Å²) >= 11 is 2.21. The molecule has 0 unspecified atom stereocenters. The first-order valence-electron chi connectivity index (χ1n) is 8.73. The Morgan fingerprint density at radius 2 is 1.76 bits per heavy atom. The SMILES string of the molecule is COC(=O)c1ccc(I)c(OCCCCCO[Si](C)(C)C(C)(C)C)c1. The van der Waals surface area contributed by atoms with Crippen LogP contribution in [0.25, 0.3) is 0 Å². The number of carbonyl (C=O) groups excluding carboxylic acids is 1. The van der Waals surface area contributed by atoms with E-state index in [0.717, 1.165) is 35.2 Å². The van der Waals surface area contributed by atoms with Gasteiger partial charge in [-0.2, -0.15) is 0 Å².